The number of carbonyl (C=O) groups is 1. The minimum absolute atomic E-state index is 0.291. The molecule has 0 aliphatic rings. The standard InChI is InChI=1S/C18H16NO2/c1-2-21-18(20)15-11-12-16(14-8-4-3-5-9-14)19-13-7-6-10-17(15)19/h3-13H,2H2,1H3/q+1. The van der Waals surface area contributed by atoms with Crippen molar-refractivity contribution < 1.29 is 13.9 Å². The Morgan fingerprint density at radius 1 is 1.00 bits per heavy atom. The molecule has 104 valence electrons. The molecule has 2 aromatic heterocycles. The van der Waals surface area contributed by atoms with Crippen LogP contribution in [0.15, 0.2) is 66.9 Å². The van der Waals surface area contributed by atoms with Crippen molar-refractivity contribution in [3.8, 4) is 11.3 Å². The van der Waals surface area contributed by atoms with E-state index in [9.17, 15) is 4.79 Å². The van der Waals surface area contributed by atoms with E-state index in [-0.39, 0.29) is 5.97 Å². The lowest BCUT2D eigenvalue weighted by Gasteiger charge is -2.05. The average molecular weight is 278 g/mol. The first-order valence-corrected chi connectivity index (χ1v) is 6.97. The Kier molecular flexibility index (Phi) is 3.65. The molecule has 1 aromatic carbocycles. The van der Waals surface area contributed by atoms with Gasteiger partial charge in [0, 0.05) is 23.8 Å². The number of rotatable bonds is 3. The summed E-state index contributed by atoms with van der Waals surface area (Å²) in [6, 6.07) is 19.7. The molecular weight excluding hydrogens is 262 g/mol. The normalized spacial score (nSPS) is 10.5. The van der Waals surface area contributed by atoms with Gasteiger partial charge in [-0.05, 0) is 31.2 Å². The smallest absolute Gasteiger partial charge is 0.344 e. The summed E-state index contributed by atoms with van der Waals surface area (Å²) in [4.78, 5) is 12.1. The quantitative estimate of drug-likeness (QED) is 0.544. The highest BCUT2D eigenvalue weighted by Gasteiger charge is 2.20. The predicted octanol–water partition coefficient (Wildman–Crippen LogP) is 3.27. The summed E-state index contributed by atoms with van der Waals surface area (Å²) in [6.45, 7) is 2.18. The SMILES string of the molecule is CCOC(=O)c1ccc(-c2ccccc2)[n+]2ccccc12. The molecule has 2 heterocycles. The number of nitrogens with zero attached hydrogens (tertiary/aromatic N) is 1. The molecule has 3 heteroatoms. The fourth-order valence-electron chi connectivity index (χ4n) is 2.43. The third-order valence-electron chi connectivity index (χ3n) is 3.37. The molecule has 3 aromatic rings. The molecule has 0 aliphatic carbocycles. The van der Waals surface area contributed by atoms with Gasteiger partial charge in [0.25, 0.3) is 0 Å². The number of hydrogen-bond acceptors (Lipinski definition) is 2. The van der Waals surface area contributed by atoms with Crippen molar-refractivity contribution in [3.63, 3.8) is 0 Å². The van der Waals surface area contributed by atoms with Gasteiger partial charge in [-0.2, -0.15) is 4.40 Å². The van der Waals surface area contributed by atoms with Crippen LogP contribution >= 0.6 is 0 Å². The molecule has 0 saturated heterocycles. The number of esters is 1. The van der Waals surface area contributed by atoms with Gasteiger partial charge in [0.15, 0.2) is 6.20 Å². The van der Waals surface area contributed by atoms with Gasteiger partial charge in [-0.1, -0.05) is 18.2 Å². The Morgan fingerprint density at radius 3 is 2.52 bits per heavy atom. The van der Waals surface area contributed by atoms with Crippen LogP contribution in [0.1, 0.15) is 17.3 Å². The molecule has 0 atom stereocenters. The monoisotopic (exact) mass is 278 g/mol. The topological polar surface area (TPSA) is 30.4 Å². The highest BCUT2D eigenvalue weighted by molar-refractivity contribution is 5.96. The number of pyridine rings is 2. The Hall–Kier alpha value is -2.68. The second-order valence-electron chi connectivity index (χ2n) is 4.67. The maximum atomic E-state index is 12.1. The number of hydrogen-bond donors (Lipinski definition) is 0. The van der Waals surface area contributed by atoms with E-state index in [4.69, 9.17) is 4.74 Å². The third kappa shape index (κ3) is 2.50. The number of ether oxygens (including phenoxy) is 1. The van der Waals surface area contributed by atoms with Crippen molar-refractivity contribution in [2.45, 2.75) is 6.92 Å². The van der Waals surface area contributed by atoms with Crippen LogP contribution < -0.4 is 4.40 Å². The van der Waals surface area contributed by atoms with Gasteiger partial charge in [-0.25, -0.2) is 4.79 Å². The second-order valence-corrected chi connectivity index (χ2v) is 4.67. The molecule has 0 saturated carbocycles. The minimum atomic E-state index is -0.291. The molecule has 3 rings (SSSR count). The summed E-state index contributed by atoms with van der Waals surface area (Å²) in [5.41, 5.74) is 3.57. The zero-order valence-electron chi connectivity index (χ0n) is 11.8. The lowest BCUT2D eigenvalue weighted by molar-refractivity contribution is -0.499. The van der Waals surface area contributed by atoms with E-state index in [1.54, 1.807) is 0 Å². The first-order valence-electron chi connectivity index (χ1n) is 6.97. The molecule has 0 radical (unpaired) electrons. The molecule has 0 bridgehead atoms. The van der Waals surface area contributed by atoms with Gasteiger partial charge in [-0.3, -0.25) is 0 Å². The van der Waals surface area contributed by atoms with Crippen molar-refractivity contribution in [3.05, 3.63) is 72.4 Å². The van der Waals surface area contributed by atoms with Crippen molar-refractivity contribution in [2.75, 3.05) is 6.61 Å². The molecule has 0 amide bonds. The van der Waals surface area contributed by atoms with E-state index in [0.29, 0.717) is 12.2 Å². The molecule has 3 nitrogen and oxygen atoms in total. The minimum Gasteiger partial charge on any atom is -0.462 e. The summed E-state index contributed by atoms with van der Waals surface area (Å²) >= 11 is 0. The van der Waals surface area contributed by atoms with Gasteiger partial charge >= 0.3 is 5.97 Å². The Bertz CT molecular complexity index is 782. The fourth-order valence-corrected chi connectivity index (χ4v) is 2.43. The number of fused-ring (bicyclic) bond motifs is 1. The van der Waals surface area contributed by atoms with Crippen LogP contribution in [0, 0.1) is 0 Å². The summed E-state index contributed by atoms with van der Waals surface area (Å²) in [5, 5.41) is 0. The van der Waals surface area contributed by atoms with Crippen molar-refractivity contribution >= 4 is 11.5 Å². The molecule has 0 fully saturated rings. The molecular formula is C18H16NO2+. The summed E-state index contributed by atoms with van der Waals surface area (Å²) in [5.74, 6) is -0.291. The van der Waals surface area contributed by atoms with E-state index in [2.05, 4.69) is 12.1 Å². The van der Waals surface area contributed by atoms with Gasteiger partial charge in [0.1, 0.15) is 5.56 Å². The highest BCUT2D eigenvalue weighted by atomic mass is 16.5. The summed E-state index contributed by atoms with van der Waals surface area (Å²) < 4.78 is 7.14. The fraction of sp³-hybridized carbons (Fsp3) is 0.111. The third-order valence-corrected chi connectivity index (χ3v) is 3.37. The second kappa shape index (κ2) is 5.75. The molecule has 0 aliphatic heterocycles. The predicted molar refractivity (Wildman–Crippen MR) is 81.0 cm³/mol. The van der Waals surface area contributed by atoms with Crippen LogP contribution in [0.3, 0.4) is 0 Å². The van der Waals surface area contributed by atoms with E-state index in [1.165, 1.54) is 0 Å². The Labute approximate surface area is 123 Å². The molecule has 21 heavy (non-hydrogen) atoms. The van der Waals surface area contributed by atoms with Crippen LogP contribution in [0.2, 0.25) is 0 Å². The summed E-state index contributed by atoms with van der Waals surface area (Å²) in [7, 11) is 0. The zero-order valence-corrected chi connectivity index (χ0v) is 11.8. The van der Waals surface area contributed by atoms with Crippen molar-refractivity contribution in [2.24, 2.45) is 0 Å². The lowest BCUT2D eigenvalue weighted by atomic mass is 10.1. The van der Waals surface area contributed by atoms with Gasteiger partial charge < -0.3 is 4.74 Å². The van der Waals surface area contributed by atoms with Gasteiger partial charge in [0.05, 0.1) is 6.61 Å². The van der Waals surface area contributed by atoms with Crippen LogP contribution in [0.5, 0.6) is 0 Å². The largest absolute Gasteiger partial charge is 0.462 e. The maximum absolute atomic E-state index is 12.1. The van der Waals surface area contributed by atoms with E-state index in [0.717, 1.165) is 16.8 Å². The van der Waals surface area contributed by atoms with Crippen LogP contribution in [0.4, 0.5) is 0 Å². The number of aromatic nitrogens is 1. The maximum Gasteiger partial charge on any atom is 0.344 e. The summed E-state index contributed by atoms with van der Waals surface area (Å²) in [6.07, 6.45) is 1.96. The molecule has 0 unspecified atom stereocenters. The molecule has 0 spiro atoms. The highest BCUT2D eigenvalue weighted by Crippen LogP contribution is 2.18. The lowest BCUT2D eigenvalue weighted by Crippen LogP contribution is -2.27. The van der Waals surface area contributed by atoms with E-state index >= 15 is 0 Å². The first-order chi connectivity index (χ1) is 10.3. The van der Waals surface area contributed by atoms with E-state index in [1.807, 2.05) is 66.1 Å². The van der Waals surface area contributed by atoms with Crippen LogP contribution in [-0.4, -0.2) is 12.6 Å². The Balaban J connectivity index is 2.22. The van der Waals surface area contributed by atoms with Gasteiger partial charge in [-0.15, -0.1) is 0 Å². The average Bonchev–Trinajstić information content (AvgIpc) is 2.55. The molecule has 0 N–H and O–H groups in total. The first kappa shape index (κ1) is 13.3. The zero-order chi connectivity index (χ0) is 14.7. The van der Waals surface area contributed by atoms with Crippen molar-refractivity contribution in [1.29, 1.82) is 0 Å². The van der Waals surface area contributed by atoms with Crippen molar-refractivity contribution in [1.82, 2.24) is 0 Å². The van der Waals surface area contributed by atoms with Crippen LogP contribution in [0.25, 0.3) is 16.8 Å². The Morgan fingerprint density at radius 2 is 1.76 bits per heavy atom. The number of benzene rings is 1. The number of carbonyl (C=O) groups excluding carboxylic acids is 1. The van der Waals surface area contributed by atoms with E-state index < -0.39 is 0 Å². The van der Waals surface area contributed by atoms with Crippen LogP contribution in [-0.2, 0) is 4.74 Å². The van der Waals surface area contributed by atoms with Gasteiger partial charge in [0.2, 0.25) is 11.2 Å².